The van der Waals surface area contributed by atoms with Crippen LogP contribution in [0.3, 0.4) is 0 Å². The third-order valence-electron chi connectivity index (χ3n) is 2.22. The van der Waals surface area contributed by atoms with Gasteiger partial charge in [0.05, 0.1) is 6.04 Å². The standard InChI is InChI=1S/C9H17NO/c1-6(2)9(11)8(10)5-7-3-4-7/h6-8H,3-5,10H2,1-2H3/t8-/m1/s1. The SMILES string of the molecule is CC(C)C(=O)[C@H](N)CC1CC1. The zero-order valence-electron chi connectivity index (χ0n) is 7.34. The van der Waals surface area contributed by atoms with Crippen LogP contribution < -0.4 is 5.73 Å². The minimum Gasteiger partial charge on any atom is -0.321 e. The summed E-state index contributed by atoms with van der Waals surface area (Å²) < 4.78 is 0. The molecule has 0 heterocycles. The predicted octanol–water partition coefficient (Wildman–Crippen LogP) is 1.34. The Labute approximate surface area is 68.2 Å². The van der Waals surface area contributed by atoms with Crippen LogP contribution in [-0.4, -0.2) is 11.8 Å². The van der Waals surface area contributed by atoms with Crippen molar-refractivity contribution in [2.75, 3.05) is 0 Å². The van der Waals surface area contributed by atoms with Gasteiger partial charge in [-0.2, -0.15) is 0 Å². The lowest BCUT2D eigenvalue weighted by Gasteiger charge is -2.11. The van der Waals surface area contributed by atoms with Crippen molar-refractivity contribution in [3.8, 4) is 0 Å². The first-order valence-corrected chi connectivity index (χ1v) is 4.40. The van der Waals surface area contributed by atoms with Crippen molar-refractivity contribution in [1.29, 1.82) is 0 Å². The number of carbonyl (C=O) groups excluding carboxylic acids is 1. The molecule has 1 aliphatic rings. The fraction of sp³-hybridized carbons (Fsp3) is 0.889. The molecule has 0 aromatic rings. The third kappa shape index (κ3) is 2.62. The topological polar surface area (TPSA) is 43.1 Å². The largest absolute Gasteiger partial charge is 0.321 e. The number of hydrogen-bond donors (Lipinski definition) is 1. The maximum absolute atomic E-state index is 11.3. The molecule has 11 heavy (non-hydrogen) atoms. The molecule has 0 saturated heterocycles. The van der Waals surface area contributed by atoms with Crippen molar-refractivity contribution in [3.63, 3.8) is 0 Å². The van der Waals surface area contributed by atoms with E-state index in [0.29, 0.717) is 0 Å². The van der Waals surface area contributed by atoms with E-state index in [1.165, 1.54) is 12.8 Å². The summed E-state index contributed by atoms with van der Waals surface area (Å²) in [4.78, 5) is 11.3. The van der Waals surface area contributed by atoms with Crippen LogP contribution in [-0.2, 0) is 4.79 Å². The molecule has 0 bridgehead atoms. The summed E-state index contributed by atoms with van der Waals surface area (Å²) in [5.74, 6) is 1.08. The van der Waals surface area contributed by atoms with E-state index in [-0.39, 0.29) is 17.7 Å². The van der Waals surface area contributed by atoms with E-state index in [9.17, 15) is 4.79 Å². The van der Waals surface area contributed by atoms with Crippen molar-refractivity contribution in [1.82, 2.24) is 0 Å². The van der Waals surface area contributed by atoms with Crippen molar-refractivity contribution >= 4 is 5.78 Å². The monoisotopic (exact) mass is 155 g/mol. The first-order chi connectivity index (χ1) is 5.11. The van der Waals surface area contributed by atoms with Gasteiger partial charge in [0, 0.05) is 5.92 Å². The summed E-state index contributed by atoms with van der Waals surface area (Å²) >= 11 is 0. The number of nitrogens with two attached hydrogens (primary N) is 1. The Hall–Kier alpha value is -0.370. The second kappa shape index (κ2) is 3.35. The number of ketones is 1. The second-order valence-electron chi connectivity index (χ2n) is 3.84. The number of carbonyl (C=O) groups is 1. The Balaban J connectivity index is 2.26. The molecule has 0 aromatic carbocycles. The average Bonchev–Trinajstić information content (AvgIpc) is 2.69. The molecule has 0 unspecified atom stereocenters. The normalized spacial score (nSPS) is 20.4. The molecule has 1 saturated carbocycles. The van der Waals surface area contributed by atoms with Crippen LogP contribution in [0.1, 0.15) is 33.1 Å². The van der Waals surface area contributed by atoms with Crippen LogP contribution in [0.15, 0.2) is 0 Å². The second-order valence-corrected chi connectivity index (χ2v) is 3.84. The van der Waals surface area contributed by atoms with E-state index in [0.717, 1.165) is 12.3 Å². The van der Waals surface area contributed by atoms with Gasteiger partial charge in [0.1, 0.15) is 0 Å². The first kappa shape index (κ1) is 8.72. The van der Waals surface area contributed by atoms with E-state index in [1.54, 1.807) is 0 Å². The fourth-order valence-electron chi connectivity index (χ4n) is 1.26. The Morgan fingerprint density at radius 3 is 2.45 bits per heavy atom. The molecule has 0 aromatic heterocycles. The lowest BCUT2D eigenvalue weighted by molar-refractivity contribution is -0.123. The quantitative estimate of drug-likeness (QED) is 0.665. The van der Waals surface area contributed by atoms with Crippen LogP contribution in [0.2, 0.25) is 0 Å². The van der Waals surface area contributed by atoms with Gasteiger partial charge in [-0.25, -0.2) is 0 Å². The molecular weight excluding hydrogens is 138 g/mol. The van der Waals surface area contributed by atoms with Gasteiger partial charge in [-0.1, -0.05) is 26.7 Å². The summed E-state index contributed by atoms with van der Waals surface area (Å²) in [5, 5.41) is 0. The summed E-state index contributed by atoms with van der Waals surface area (Å²) in [6.45, 7) is 3.82. The van der Waals surface area contributed by atoms with E-state index >= 15 is 0 Å². The molecule has 1 fully saturated rings. The zero-order chi connectivity index (χ0) is 8.43. The Bertz CT molecular complexity index is 150. The lowest BCUT2D eigenvalue weighted by atomic mass is 9.98. The fourth-order valence-corrected chi connectivity index (χ4v) is 1.26. The third-order valence-corrected chi connectivity index (χ3v) is 2.22. The maximum Gasteiger partial charge on any atom is 0.152 e. The van der Waals surface area contributed by atoms with Crippen molar-refractivity contribution in [2.45, 2.75) is 39.2 Å². The minimum absolute atomic E-state index is 0.101. The summed E-state index contributed by atoms with van der Waals surface area (Å²) in [6, 6.07) is -0.192. The van der Waals surface area contributed by atoms with E-state index in [2.05, 4.69) is 0 Å². The van der Waals surface area contributed by atoms with Crippen molar-refractivity contribution in [2.24, 2.45) is 17.6 Å². The van der Waals surface area contributed by atoms with E-state index in [4.69, 9.17) is 5.73 Å². The molecule has 2 heteroatoms. The van der Waals surface area contributed by atoms with Gasteiger partial charge in [0.2, 0.25) is 0 Å². The Morgan fingerprint density at radius 2 is 2.09 bits per heavy atom. The molecule has 64 valence electrons. The van der Waals surface area contributed by atoms with Gasteiger partial charge >= 0.3 is 0 Å². The highest BCUT2D eigenvalue weighted by Crippen LogP contribution is 2.33. The molecule has 2 N–H and O–H groups in total. The predicted molar refractivity (Wildman–Crippen MR) is 45.2 cm³/mol. The lowest BCUT2D eigenvalue weighted by Crippen LogP contribution is -2.34. The van der Waals surface area contributed by atoms with Gasteiger partial charge in [0.25, 0.3) is 0 Å². The van der Waals surface area contributed by atoms with Gasteiger partial charge in [0.15, 0.2) is 5.78 Å². The molecule has 0 radical (unpaired) electrons. The van der Waals surface area contributed by atoms with Gasteiger partial charge < -0.3 is 5.73 Å². The molecule has 0 aliphatic heterocycles. The molecule has 1 aliphatic carbocycles. The molecule has 0 spiro atoms. The molecule has 2 nitrogen and oxygen atoms in total. The highest BCUT2D eigenvalue weighted by molar-refractivity contribution is 5.85. The Morgan fingerprint density at radius 1 is 1.55 bits per heavy atom. The van der Waals surface area contributed by atoms with Crippen LogP contribution in [0.5, 0.6) is 0 Å². The summed E-state index contributed by atoms with van der Waals surface area (Å²) in [7, 11) is 0. The summed E-state index contributed by atoms with van der Waals surface area (Å²) in [6.07, 6.45) is 3.47. The summed E-state index contributed by atoms with van der Waals surface area (Å²) in [5.41, 5.74) is 5.71. The molecular formula is C9H17NO. The highest BCUT2D eigenvalue weighted by atomic mass is 16.1. The first-order valence-electron chi connectivity index (χ1n) is 4.40. The number of hydrogen-bond acceptors (Lipinski definition) is 2. The van der Waals surface area contributed by atoms with Crippen LogP contribution in [0, 0.1) is 11.8 Å². The van der Waals surface area contributed by atoms with Gasteiger partial charge in [-0.3, -0.25) is 4.79 Å². The van der Waals surface area contributed by atoms with Crippen LogP contribution >= 0.6 is 0 Å². The maximum atomic E-state index is 11.3. The van der Waals surface area contributed by atoms with Crippen molar-refractivity contribution < 1.29 is 4.79 Å². The minimum atomic E-state index is -0.192. The highest BCUT2D eigenvalue weighted by Gasteiger charge is 2.27. The van der Waals surface area contributed by atoms with E-state index in [1.807, 2.05) is 13.8 Å². The Kier molecular flexibility index (Phi) is 2.66. The van der Waals surface area contributed by atoms with Crippen LogP contribution in [0.4, 0.5) is 0 Å². The molecule has 1 rings (SSSR count). The van der Waals surface area contributed by atoms with Gasteiger partial charge in [-0.15, -0.1) is 0 Å². The van der Waals surface area contributed by atoms with Crippen LogP contribution in [0.25, 0.3) is 0 Å². The smallest absolute Gasteiger partial charge is 0.152 e. The van der Waals surface area contributed by atoms with E-state index < -0.39 is 0 Å². The molecule has 1 atom stereocenters. The average molecular weight is 155 g/mol. The zero-order valence-corrected chi connectivity index (χ0v) is 7.34. The van der Waals surface area contributed by atoms with Gasteiger partial charge in [-0.05, 0) is 12.3 Å². The molecule has 0 amide bonds. The van der Waals surface area contributed by atoms with Crippen molar-refractivity contribution in [3.05, 3.63) is 0 Å². The number of Topliss-reactive ketones (excluding diaryl/α,β-unsaturated/α-hetero) is 1. The number of rotatable bonds is 4.